The Bertz CT molecular complexity index is 1210. The Balaban J connectivity index is 1.39. The molecule has 0 unspecified atom stereocenters. The number of nitrogens with zero attached hydrogens (tertiary/aromatic N) is 5. The number of aromatic nitrogens is 2. The molecule has 0 bridgehead atoms. The van der Waals surface area contributed by atoms with Gasteiger partial charge in [-0.15, -0.1) is 0 Å². The van der Waals surface area contributed by atoms with Crippen LogP contribution >= 0.6 is 27.5 Å². The molecule has 39 heavy (non-hydrogen) atoms. The smallest absolute Gasteiger partial charge is 0.410 e. The summed E-state index contributed by atoms with van der Waals surface area (Å²) in [6, 6.07) is 2.29. The molecular weight excluding hydrogens is 586 g/mol. The number of ether oxygens (including phenoxy) is 3. The highest BCUT2D eigenvalue weighted by atomic mass is 79.9. The van der Waals surface area contributed by atoms with E-state index in [1.807, 2.05) is 38.7 Å². The van der Waals surface area contributed by atoms with Gasteiger partial charge < -0.3 is 28.9 Å². The van der Waals surface area contributed by atoms with E-state index in [9.17, 15) is 4.79 Å². The maximum Gasteiger partial charge on any atom is 0.410 e. The summed E-state index contributed by atoms with van der Waals surface area (Å²) in [7, 11) is 2.13. The standard InChI is InChI=1S/C28H39BrClN5O4/c1-6-37-23-21(29)20(30)15-19-22(23)31-25(38-18-7-11-33(5)12-8-18)32-24(19)34-13-9-28(10-14-34)16-35(17-28)26(36)39-27(2,3)4/h15,18H,6-14,16-17H2,1-5H3. The summed E-state index contributed by atoms with van der Waals surface area (Å²) in [4.78, 5) is 28.7. The molecule has 11 heteroatoms. The Morgan fingerprint density at radius 1 is 1.15 bits per heavy atom. The molecule has 3 saturated heterocycles. The van der Waals surface area contributed by atoms with Crippen molar-refractivity contribution < 1.29 is 19.0 Å². The molecule has 4 heterocycles. The van der Waals surface area contributed by atoms with Crippen molar-refractivity contribution in [1.82, 2.24) is 19.8 Å². The topological polar surface area (TPSA) is 80.3 Å². The third kappa shape index (κ3) is 6.17. The zero-order valence-corrected chi connectivity index (χ0v) is 25.9. The summed E-state index contributed by atoms with van der Waals surface area (Å²) in [5.74, 6) is 1.42. The predicted octanol–water partition coefficient (Wildman–Crippen LogP) is 5.75. The van der Waals surface area contributed by atoms with E-state index in [0.717, 1.165) is 76.2 Å². The monoisotopic (exact) mass is 623 g/mol. The molecule has 3 aliphatic heterocycles. The normalized spacial score (nSPS) is 20.3. The molecule has 1 amide bonds. The number of rotatable bonds is 5. The molecular formula is C28H39BrClN5O4. The van der Waals surface area contributed by atoms with Crippen LogP contribution in [0.3, 0.4) is 0 Å². The van der Waals surface area contributed by atoms with Crippen molar-refractivity contribution in [2.24, 2.45) is 5.41 Å². The molecule has 3 fully saturated rings. The Hall–Kier alpha value is -2.04. The van der Waals surface area contributed by atoms with Gasteiger partial charge in [-0.05, 0) is 82.4 Å². The van der Waals surface area contributed by atoms with Crippen LogP contribution in [0.5, 0.6) is 11.8 Å². The average molecular weight is 625 g/mol. The number of benzene rings is 1. The van der Waals surface area contributed by atoms with Crippen LogP contribution in [0.4, 0.5) is 10.6 Å². The van der Waals surface area contributed by atoms with E-state index < -0.39 is 5.60 Å². The van der Waals surface area contributed by atoms with Crippen LogP contribution in [0.2, 0.25) is 5.02 Å². The van der Waals surface area contributed by atoms with Crippen LogP contribution in [0, 0.1) is 5.41 Å². The molecule has 2 aromatic rings. The first kappa shape index (κ1) is 28.5. The average Bonchev–Trinajstić information content (AvgIpc) is 2.86. The molecule has 0 aliphatic carbocycles. The van der Waals surface area contributed by atoms with Crippen molar-refractivity contribution in [3.05, 3.63) is 15.6 Å². The van der Waals surface area contributed by atoms with Crippen molar-refractivity contribution in [2.45, 2.75) is 65.1 Å². The van der Waals surface area contributed by atoms with Gasteiger partial charge in [0.25, 0.3) is 0 Å². The van der Waals surface area contributed by atoms with Crippen LogP contribution in [0.25, 0.3) is 10.9 Å². The number of likely N-dealkylation sites (tertiary alicyclic amines) is 2. The second-order valence-corrected chi connectivity index (χ2v) is 13.3. The van der Waals surface area contributed by atoms with Gasteiger partial charge in [0, 0.05) is 50.1 Å². The van der Waals surface area contributed by atoms with E-state index in [0.29, 0.717) is 33.4 Å². The van der Waals surface area contributed by atoms with Gasteiger partial charge in [0.2, 0.25) is 0 Å². The number of amides is 1. The van der Waals surface area contributed by atoms with E-state index in [1.165, 1.54) is 0 Å². The summed E-state index contributed by atoms with van der Waals surface area (Å²) in [6.45, 7) is 13.2. The van der Waals surface area contributed by atoms with Gasteiger partial charge in [0.15, 0.2) is 5.75 Å². The first-order valence-corrected chi connectivity index (χ1v) is 15.0. The largest absolute Gasteiger partial charge is 0.490 e. The summed E-state index contributed by atoms with van der Waals surface area (Å²) in [5.41, 5.74) is 0.336. The first-order valence-electron chi connectivity index (χ1n) is 13.9. The first-order chi connectivity index (χ1) is 18.5. The molecule has 1 aromatic carbocycles. The van der Waals surface area contributed by atoms with E-state index in [2.05, 4.69) is 32.8 Å². The Morgan fingerprint density at radius 3 is 2.44 bits per heavy atom. The van der Waals surface area contributed by atoms with Crippen LogP contribution in [0.15, 0.2) is 10.5 Å². The van der Waals surface area contributed by atoms with E-state index in [4.69, 9.17) is 35.8 Å². The van der Waals surface area contributed by atoms with Gasteiger partial charge in [-0.25, -0.2) is 4.79 Å². The molecule has 5 rings (SSSR count). The molecule has 0 radical (unpaired) electrons. The van der Waals surface area contributed by atoms with E-state index in [1.54, 1.807) is 0 Å². The minimum Gasteiger partial charge on any atom is -0.490 e. The fourth-order valence-electron chi connectivity index (χ4n) is 5.70. The molecule has 214 valence electrons. The van der Waals surface area contributed by atoms with Crippen molar-refractivity contribution in [3.8, 4) is 11.8 Å². The van der Waals surface area contributed by atoms with Crippen LogP contribution in [-0.4, -0.2) is 90.5 Å². The van der Waals surface area contributed by atoms with E-state index >= 15 is 0 Å². The Labute approximate surface area is 244 Å². The number of hydrogen-bond acceptors (Lipinski definition) is 8. The van der Waals surface area contributed by atoms with Crippen LogP contribution in [0.1, 0.15) is 53.4 Å². The lowest BCUT2D eigenvalue weighted by molar-refractivity contribution is -0.0434. The molecule has 3 aliphatic rings. The van der Waals surface area contributed by atoms with Gasteiger partial charge in [0.05, 0.1) is 16.1 Å². The van der Waals surface area contributed by atoms with Crippen molar-refractivity contribution in [2.75, 3.05) is 57.8 Å². The lowest BCUT2D eigenvalue weighted by atomic mass is 9.72. The van der Waals surface area contributed by atoms with Gasteiger partial charge >= 0.3 is 12.1 Å². The quantitative estimate of drug-likeness (QED) is 0.416. The van der Waals surface area contributed by atoms with Crippen molar-refractivity contribution in [1.29, 1.82) is 0 Å². The number of fused-ring (bicyclic) bond motifs is 1. The molecule has 1 aromatic heterocycles. The molecule has 9 nitrogen and oxygen atoms in total. The van der Waals surface area contributed by atoms with Gasteiger partial charge in [-0.1, -0.05) is 11.6 Å². The minimum absolute atomic E-state index is 0.0798. The number of carbonyl (C=O) groups excluding carboxylic acids is 1. The molecule has 1 spiro atoms. The second kappa shape index (κ2) is 11.1. The summed E-state index contributed by atoms with van der Waals surface area (Å²) in [6.07, 6.45) is 3.66. The highest BCUT2D eigenvalue weighted by molar-refractivity contribution is 9.10. The summed E-state index contributed by atoms with van der Waals surface area (Å²) >= 11 is 10.2. The highest BCUT2D eigenvalue weighted by Crippen LogP contribution is 2.45. The number of hydrogen-bond donors (Lipinski definition) is 0. The number of piperidine rings is 2. The van der Waals surface area contributed by atoms with E-state index in [-0.39, 0.29) is 17.6 Å². The summed E-state index contributed by atoms with van der Waals surface area (Å²) < 4.78 is 18.6. The molecule has 0 saturated carbocycles. The zero-order valence-electron chi connectivity index (χ0n) is 23.6. The Morgan fingerprint density at radius 2 is 1.82 bits per heavy atom. The number of halogens is 2. The van der Waals surface area contributed by atoms with Gasteiger partial charge in [-0.3, -0.25) is 0 Å². The fourth-order valence-corrected chi connectivity index (χ4v) is 6.31. The third-order valence-electron chi connectivity index (χ3n) is 7.85. The highest BCUT2D eigenvalue weighted by Gasteiger charge is 2.48. The van der Waals surface area contributed by atoms with Gasteiger partial charge in [-0.2, -0.15) is 9.97 Å². The second-order valence-electron chi connectivity index (χ2n) is 12.1. The van der Waals surface area contributed by atoms with Crippen molar-refractivity contribution in [3.63, 3.8) is 0 Å². The predicted molar refractivity (Wildman–Crippen MR) is 156 cm³/mol. The number of carbonyl (C=O) groups is 1. The fraction of sp³-hybridized carbons (Fsp3) is 0.679. The Kier molecular flexibility index (Phi) is 8.10. The van der Waals surface area contributed by atoms with Crippen LogP contribution < -0.4 is 14.4 Å². The maximum atomic E-state index is 12.5. The van der Waals surface area contributed by atoms with Crippen molar-refractivity contribution >= 4 is 50.3 Å². The third-order valence-corrected chi connectivity index (χ3v) is 9.17. The SMILES string of the molecule is CCOc1c(Br)c(Cl)cc2c(N3CCC4(CC3)CN(C(=O)OC(C)(C)C)C4)nc(OC3CCN(C)CC3)nc12. The zero-order chi connectivity index (χ0) is 27.9. The maximum absolute atomic E-state index is 12.5. The van der Waals surface area contributed by atoms with Crippen LogP contribution in [-0.2, 0) is 4.74 Å². The molecule has 0 atom stereocenters. The number of anilines is 1. The summed E-state index contributed by atoms with van der Waals surface area (Å²) in [5, 5.41) is 1.41. The van der Waals surface area contributed by atoms with Gasteiger partial charge in [0.1, 0.15) is 23.0 Å². The minimum atomic E-state index is -0.485. The molecule has 0 N–H and O–H groups in total. The lowest BCUT2D eigenvalue weighted by Crippen LogP contribution is -2.62. The lowest BCUT2D eigenvalue weighted by Gasteiger charge is -2.53.